The van der Waals surface area contributed by atoms with Gasteiger partial charge in [-0.15, -0.1) is 0 Å². The average Bonchev–Trinajstić information content (AvgIpc) is 3.28. The van der Waals surface area contributed by atoms with Crippen LogP contribution in [0.2, 0.25) is 5.02 Å². The number of ether oxygens (including phenoxy) is 1. The SMILES string of the molecule is CC.CC.Cn1nc(C(F)(F)F)cc1-c1ccc(OCCCCCO)c(-c2ccc(Cl)c(C(F)(F)F)c2)c1. The molecule has 1 heterocycles. The lowest BCUT2D eigenvalue weighted by Crippen LogP contribution is -2.06. The van der Waals surface area contributed by atoms with E-state index in [4.69, 9.17) is 21.4 Å². The quantitative estimate of drug-likeness (QED) is 0.218. The molecule has 0 bridgehead atoms. The van der Waals surface area contributed by atoms with Crippen molar-refractivity contribution in [1.82, 2.24) is 9.78 Å². The number of nitrogens with zero attached hydrogens (tertiary/aromatic N) is 2. The number of hydrogen-bond donors (Lipinski definition) is 1. The second-order valence-corrected chi connectivity index (χ2v) is 7.98. The number of hydrogen-bond acceptors (Lipinski definition) is 3. The molecule has 2 aromatic carbocycles. The molecule has 0 amide bonds. The van der Waals surface area contributed by atoms with Crippen LogP contribution in [0.3, 0.4) is 0 Å². The van der Waals surface area contributed by atoms with Crippen LogP contribution in [0.25, 0.3) is 22.4 Å². The van der Waals surface area contributed by atoms with Crippen LogP contribution in [0.4, 0.5) is 26.3 Å². The third-order valence-corrected chi connectivity index (χ3v) is 5.42. The van der Waals surface area contributed by atoms with Gasteiger partial charge in [0.05, 0.1) is 22.9 Å². The molecule has 0 atom stereocenters. The predicted molar refractivity (Wildman–Crippen MR) is 138 cm³/mol. The first-order valence-corrected chi connectivity index (χ1v) is 12.7. The van der Waals surface area contributed by atoms with Crippen molar-refractivity contribution in [3.05, 3.63) is 58.7 Å². The molecule has 3 rings (SSSR count). The molecule has 212 valence electrons. The van der Waals surface area contributed by atoms with E-state index in [2.05, 4.69) is 5.10 Å². The lowest BCUT2D eigenvalue weighted by atomic mass is 9.98. The Hall–Kier alpha value is -2.72. The van der Waals surface area contributed by atoms with Gasteiger partial charge in [-0.1, -0.05) is 45.4 Å². The highest BCUT2D eigenvalue weighted by atomic mass is 35.5. The minimum Gasteiger partial charge on any atom is -0.493 e. The Bertz CT molecular complexity index is 1140. The smallest absolute Gasteiger partial charge is 0.435 e. The molecular formula is C27H33ClF6N2O2. The zero-order valence-electron chi connectivity index (χ0n) is 22.0. The summed E-state index contributed by atoms with van der Waals surface area (Å²) in [6.07, 6.45) is -7.46. The summed E-state index contributed by atoms with van der Waals surface area (Å²) in [6.45, 7) is 8.28. The second-order valence-electron chi connectivity index (χ2n) is 7.57. The van der Waals surface area contributed by atoms with E-state index < -0.39 is 28.6 Å². The van der Waals surface area contributed by atoms with Gasteiger partial charge in [-0.2, -0.15) is 31.4 Å². The predicted octanol–water partition coefficient (Wildman–Crippen LogP) is 9.04. The fourth-order valence-corrected chi connectivity index (χ4v) is 3.62. The van der Waals surface area contributed by atoms with Crippen LogP contribution >= 0.6 is 11.6 Å². The summed E-state index contributed by atoms with van der Waals surface area (Å²) in [5, 5.41) is 11.9. The highest BCUT2D eigenvalue weighted by Crippen LogP contribution is 2.41. The van der Waals surface area contributed by atoms with Gasteiger partial charge in [0.15, 0.2) is 5.69 Å². The zero-order chi connectivity index (χ0) is 29.1. The standard InChI is InChI=1S/C23H21ClF6N2O2.2C2H6/c1-32-19(13-21(31-32)23(28,29)30)15-6-8-20(34-10-4-2-3-9-33)16(11-15)14-5-7-18(24)17(12-14)22(25,26)27;2*1-2/h5-8,11-13,33H,2-4,9-10H2,1H3;2*1-2H3. The maximum Gasteiger partial charge on any atom is 0.435 e. The Morgan fingerprint density at radius 3 is 2.03 bits per heavy atom. The van der Waals surface area contributed by atoms with Crippen molar-refractivity contribution in [2.75, 3.05) is 13.2 Å². The van der Waals surface area contributed by atoms with Crippen LogP contribution < -0.4 is 4.74 Å². The number of aromatic nitrogens is 2. The number of aryl methyl sites for hydroxylation is 1. The Labute approximate surface area is 224 Å². The van der Waals surface area contributed by atoms with Crippen LogP contribution in [0, 0.1) is 0 Å². The van der Waals surface area contributed by atoms with Crippen LogP contribution in [-0.2, 0) is 19.4 Å². The second kappa shape index (κ2) is 15.0. The first-order valence-electron chi connectivity index (χ1n) is 12.3. The van der Waals surface area contributed by atoms with E-state index in [1.165, 1.54) is 31.3 Å². The summed E-state index contributed by atoms with van der Waals surface area (Å²) in [5.41, 5.74) is -1.27. The van der Waals surface area contributed by atoms with Gasteiger partial charge in [-0.05, 0) is 61.2 Å². The van der Waals surface area contributed by atoms with Crippen molar-refractivity contribution >= 4 is 11.6 Å². The topological polar surface area (TPSA) is 47.3 Å². The molecular weight excluding hydrogens is 534 g/mol. The van der Waals surface area contributed by atoms with Crippen molar-refractivity contribution in [3.63, 3.8) is 0 Å². The highest BCUT2D eigenvalue weighted by Gasteiger charge is 2.35. The number of halogens is 7. The Kier molecular flexibility index (Phi) is 13.2. The maximum atomic E-state index is 13.4. The van der Waals surface area contributed by atoms with E-state index in [1.54, 1.807) is 0 Å². The summed E-state index contributed by atoms with van der Waals surface area (Å²) >= 11 is 5.74. The number of aliphatic hydroxyl groups excluding tert-OH is 1. The Balaban J connectivity index is 0.00000172. The van der Waals surface area contributed by atoms with Crippen LogP contribution in [-0.4, -0.2) is 28.1 Å². The molecule has 0 saturated heterocycles. The van der Waals surface area contributed by atoms with Crippen molar-refractivity contribution < 1.29 is 36.2 Å². The Morgan fingerprint density at radius 1 is 0.842 bits per heavy atom. The van der Waals surface area contributed by atoms with E-state index >= 15 is 0 Å². The summed E-state index contributed by atoms with van der Waals surface area (Å²) in [5.74, 6) is 0.265. The first-order chi connectivity index (χ1) is 17.9. The number of alkyl halides is 6. The highest BCUT2D eigenvalue weighted by molar-refractivity contribution is 6.31. The summed E-state index contributed by atoms with van der Waals surface area (Å²) in [7, 11) is 1.35. The van der Waals surface area contributed by atoms with Gasteiger partial charge in [-0.25, -0.2) is 0 Å². The third kappa shape index (κ3) is 8.94. The largest absolute Gasteiger partial charge is 0.493 e. The molecule has 0 aliphatic carbocycles. The molecule has 0 radical (unpaired) electrons. The molecule has 0 aliphatic rings. The minimum absolute atomic E-state index is 0.0373. The van der Waals surface area contributed by atoms with E-state index in [1.807, 2.05) is 27.7 Å². The number of benzene rings is 2. The molecule has 4 nitrogen and oxygen atoms in total. The van der Waals surface area contributed by atoms with Gasteiger partial charge in [0.1, 0.15) is 5.75 Å². The van der Waals surface area contributed by atoms with Crippen molar-refractivity contribution in [1.29, 1.82) is 0 Å². The normalized spacial score (nSPS) is 11.3. The molecule has 0 spiro atoms. The van der Waals surface area contributed by atoms with Crippen LogP contribution in [0.1, 0.15) is 58.2 Å². The van der Waals surface area contributed by atoms with Gasteiger partial charge in [0.2, 0.25) is 0 Å². The number of aliphatic hydroxyl groups is 1. The molecule has 0 fully saturated rings. The fourth-order valence-electron chi connectivity index (χ4n) is 3.40. The molecule has 0 saturated carbocycles. The molecule has 0 aliphatic heterocycles. The van der Waals surface area contributed by atoms with Gasteiger partial charge < -0.3 is 9.84 Å². The molecule has 1 aromatic heterocycles. The third-order valence-electron chi connectivity index (χ3n) is 5.09. The van der Waals surface area contributed by atoms with E-state index in [0.29, 0.717) is 24.8 Å². The summed E-state index contributed by atoms with van der Waals surface area (Å²) in [4.78, 5) is 0. The van der Waals surface area contributed by atoms with Gasteiger partial charge in [0.25, 0.3) is 0 Å². The maximum absolute atomic E-state index is 13.4. The number of rotatable bonds is 8. The van der Waals surface area contributed by atoms with E-state index in [0.717, 1.165) is 22.9 Å². The Morgan fingerprint density at radius 2 is 1.47 bits per heavy atom. The average molecular weight is 567 g/mol. The van der Waals surface area contributed by atoms with Crippen LogP contribution in [0.5, 0.6) is 5.75 Å². The van der Waals surface area contributed by atoms with Crippen molar-refractivity contribution in [2.45, 2.75) is 59.3 Å². The molecule has 0 unspecified atom stereocenters. The van der Waals surface area contributed by atoms with Crippen LogP contribution in [0.15, 0.2) is 42.5 Å². The number of unbranched alkanes of at least 4 members (excludes halogenated alkanes) is 2. The van der Waals surface area contributed by atoms with E-state index in [-0.39, 0.29) is 35.8 Å². The van der Waals surface area contributed by atoms with Crippen molar-refractivity contribution in [3.8, 4) is 28.1 Å². The lowest BCUT2D eigenvalue weighted by molar-refractivity contribution is -0.141. The molecule has 3 aromatic rings. The zero-order valence-corrected chi connectivity index (χ0v) is 22.7. The first kappa shape index (κ1) is 33.3. The lowest BCUT2D eigenvalue weighted by Gasteiger charge is -2.16. The molecule has 1 N–H and O–H groups in total. The van der Waals surface area contributed by atoms with Gasteiger partial charge in [-0.3, -0.25) is 4.68 Å². The van der Waals surface area contributed by atoms with Gasteiger partial charge in [0, 0.05) is 24.8 Å². The van der Waals surface area contributed by atoms with Gasteiger partial charge >= 0.3 is 12.4 Å². The summed E-state index contributed by atoms with van der Waals surface area (Å²) < 4.78 is 86.4. The fraction of sp³-hybridized carbons (Fsp3) is 0.444. The summed E-state index contributed by atoms with van der Waals surface area (Å²) in [6, 6.07) is 8.73. The molecule has 11 heteroatoms. The monoisotopic (exact) mass is 566 g/mol. The van der Waals surface area contributed by atoms with E-state index in [9.17, 15) is 26.3 Å². The molecule has 38 heavy (non-hydrogen) atoms. The minimum atomic E-state index is -4.69. The van der Waals surface area contributed by atoms with Crippen molar-refractivity contribution in [2.24, 2.45) is 7.05 Å².